The van der Waals surface area contributed by atoms with Gasteiger partial charge in [0.05, 0.1) is 11.1 Å². The maximum atomic E-state index is 10.7. The highest BCUT2D eigenvalue weighted by atomic mass is 79.9. The van der Waals surface area contributed by atoms with Crippen molar-refractivity contribution in [1.29, 1.82) is 0 Å². The molecule has 0 radical (unpaired) electrons. The lowest BCUT2D eigenvalue weighted by Gasteiger charge is -2.00. The summed E-state index contributed by atoms with van der Waals surface area (Å²) in [4.78, 5) is 10.1. The molecule has 0 aliphatic rings. The zero-order valence-electron chi connectivity index (χ0n) is 10.2. The fourth-order valence-electron chi connectivity index (χ4n) is 1.16. The van der Waals surface area contributed by atoms with Gasteiger partial charge in [0, 0.05) is 21.9 Å². The fraction of sp³-hybridized carbons (Fsp3) is 0.0909. The number of nitro benzene ring substituents is 1. The summed E-state index contributed by atoms with van der Waals surface area (Å²) in [5.41, 5.74) is 5.29. The molecule has 0 saturated carbocycles. The Kier molecular flexibility index (Phi) is 6.19. The van der Waals surface area contributed by atoms with Gasteiger partial charge in [-0.1, -0.05) is 33.8 Å². The number of amidine groups is 1. The minimum absolute atomic E-state index is 0.163. The van der Waals surface area contributed by atoms with Crippen LogP contribution in [-0.2, 0) is 0 Å². The van der Waals surface area contributed by atoms with Crippen LogP contribution in [0.2, 0.25) is 0 Å². The molecule has 1 aromatic rings. The molecule has 7 nitrogen and oxygen atoms in total. The standard InChI is InChI=1S/C11H11BrN4O3S/c1-2-3-20-11(13)15-14-6-7-4-8(12)5-9(10(7)17)16(18)19/h2,4-6,17H,1,3H2,(H2,13,15)/b14-6+. The molecule has 0 aliphatic carbocycles. The Bertz CT molecular complexity index is 589. The molecular formula is C11H11BrN4O3S. The van der Waals surface area contributed by atoms with Crippen LogP contribution in [0.25, 0.3) is 0 Å². The molecule has 3 N–H and O–H groups in total. The number of aromatic hydroxyl groups is 1. The van der Waals surface area contributed by atoms with E-state index in [1.54, 1.807) is 6.08 Å². The van der Waals surface area contributed by atoms with E-state index >= 15 is 0 Å². The van der Waals surface area contributed by atoms with Gasteiger partial charge < -0.3 is 10.8 Å². The summed E-state index contributed by atoms with van der Waals surface area (Å²) >= 11 is 4.36. The number of benzene rings is 1. The highest BCUT2D eigenvalue weighted by Crippen LogP contribution is 2.32. The van der Waals surface area contributed by atoms with E-state index in [2.05, 4.69) is 32.7 Å². The number of rotatable bonds is 5. The van der Waals surface area contributed by atoms with Crippen LogP contribution in [0.15, 0.2) is 39.5 Å². The first-order chi connectivity index (χ1) is 9.45. The first-order valence-electron chi connectivity index (χ1n) is 5.22. The van der Waals surface area contributed by atoms with Gasteiger partial charge in [0.1, 0.15) is 0 Å². The smallest absolute Gasteiger partial charge is 0.312 e. The molecule has 1 aromatic carbocycles. The Morgan fingerprint density at radius 1 is 1.65 bits per heavy atom. The largest absolute Gasteiger partial charge is 0.502 e. The molecule has 0 unspecified atom stereocenters. The summed E-state index contributed by atoms with van der Waals surface area (Å²) in [5, 5.41) is 28.1. The summed E-state index contributed by atoms with van der Waals surface area (Å²) in [6.07, 6.45) is 2.86. The number of halogens is 1. The van der Waals surface area contributed by atoms with Crippen molar-refractivity contribution >= 4 is 44.8 Å². The summed E-state index contributed by atoms with van der Waals surface area (Å²) in [5.74, 6) is 0.118. The number of phenolic OH excluding ortho intramolecular Hbond substituents is 1. The number of nitrogens with two attached hydrogens (primary N) is 1. The molecular weight excluding hydrogens is 348 g/mol. The maximum Gasteiger partial charge on any atom is 0.312 e. The third kappa shape index (κ3) is 4.67. The topological polar surface area (TPSA) is 114 Å². The summed E-state index contributed by atoms with van der Waals surface area (Å²) in [7, 11) is 0. The molecule has 9 heteroatoms. The van der Waals surface area contributed by atoms with Crippen LogP contribution < -0.4 is 5.73 Å². The Balaban J connectivity index is 2.98. The van der Waals surface area contributed by atoms with Crippen molar-refractivity contribution < 1.29 is 10.0 Å². The van der Waals surface area contributed by atoms with Crippen LogP contribution in [-0.4, -0.2) is 27.2 Å². The van der Waals surface area contributed by atoms with Crippen molar-refractivity contribution in [3.05, 3.63) is 44.9 Å². The SMILES string of the molecule is C=CCSC(N)=N/N=C/c1cc(Br)cc([N+](=O)[O-])c1O. The van der Waals surface area contributed by atoms with E-state index in [1.165, 1.54) is 30.1 Å². The molecule has 106 valence electrons. The van der Waals surface area contributed by atoms with E-state index < -0.39 is 16.4 Å². The molecule has 0 fully saturated rings. The second-order valence-corrected chi connectivity index (χ2v) is 5.36. The van der Waals surface area contributed by atoms with Crippen LogP contribution in [0.5, 0.6) is 5.75 Å². The van der Waals surface area contributed by atoms with E-state index in [9.17, 15) is 15.2 Å². The molecule has 0 saturated heterocycles. The van der Waals surface area contributed by atoms with Gasteiger partial charge in [-0.25, -0.2) is 0 Å². The van der Waals surface area contributed by atoms with E-state index in [4.69, 9.17) is 5.73 Å². The second-order valence-electron chi connectivity index (χ2n) is 3.40. The third-order valence-electron chi connectivity index (χ3n) is 1.98. The first kappa shape index (κ1) is 16.2. The molecule has 0 atom stereocenters. The van der Waals surface area contributed by atoms with E-state index in [0.717, 1.165) is 0 Å². The van der Waals surface area contributed by atoms with Gasteiger partial charge in [-0.2, -0.15) is 5.10 Å². The third-order valence-corrected chi connectivity index (χ3v) is 3.22. The Labute approximate surface area is 127 Å². The molecule has 0 aromatic heterocycles. The first-order valence-corrected chi connectivity index (χ1v) is 7.00. The van der Waals surface area contributed by atoms with Crippen LogP contribution in [0.1, 0.15) is 5.56 Å². The summed E-state index contributed by atoms with van der Waals surface area (Å²) in [6.45, 7) is 3.54. The van der Waals surface area contributed by atoms with Gasteiger partial charge >= 0.3 is 5.69 Å². The van der Waals surface area contributed by atoms with E-state index in [1.807, 2.05) is 0 Å². The van der Waals surface area contributed by atoms with E-state index in [-0.39, 0.29) is 10.7 Å². The van der Waals surface area contributed by atoms with Gasteiger partial charge in [-0.15, -0.1) is 11.7 Å². The average molecular weight is 359 g/mol. The van der Waals surface area contributed by atoms with Crippen molar-refractivity contribution in [3.8, 4) is 5.75 Å². The lowest BCUT2D eigenvalue weighted by atomic mass is 10.2. The van der Waals surface area contributed by atoms with Gasteiger partial charge in [-0.05, 0) is 6.07 Å². The maximum absolute atomic E-state index is 10.7. The Morgan fingerprint density at radius 2 is 2.35 bits per heavy atom. The minimum atomic E-state index is -0.686. The van der Waals surface area contributed by atoms with Crippen LogP contribution in [0, 0.1) is 10.1 Å². The van der Waals surface area contributed by atoms with Crippen molar-refractivity contribution in [1.82, 2.24) is 0 Å². The quantitative estimate of drug-likeness (QED) is 0.276. The van der Waals surface area contributed by atoms with Gasteiger partial charge in [-0.3, -0.25) is 10.1 Å². The molecule has 0 heterocycles. The zero-order chi connectivity index (χ0) is 15.1. The lowest BCUT2D eigenvalue weighted by molar-refractivity contribution is -0.385. The fourth-order valence-corrected chi connectivity index (χ4v) is 2.02. The zero-order valence-corrected chi connectivity index (χ0v) is 12.6. The molecule has 0 amide bonds. The summed E-state index contributed by atoms with van der Waals surface area (Å²) in [6, 6.07) is 2.68. The van der Waals surface area contributed by atoms with Crippen molar-refractivity contribution in [2.75, 3.05) is 5.75 Å². The number of nitrogens with zero attached hydrogens (tertiary/aromatic N) is 3. The predicted molar refractivity (Wildman–Crippen MR) is 84.3 cm³/mol. The molecule has 1 rings (SSSR count). The van der Waals surface area contributed by atoms with Crippen molar-refractivity contribution in [3.63, 3.8) is 0 Å². The molecule has 0 aliphatic heterocycles. The van der Waals surface area contributed by atoms with Crippen molar-refractivity contribution in [2.24, 2.45) is 15.9 Å². The lowest BCUT2D eigenvalue weighted by Crippen LogP contribution is -2.05. The van der Waals surface area contributed by atoms with Crippen LogP contribution >= 0.6 is 27.7 Å². The average Bonchev–Trinajstić information content (AvgIpc) is 2.39. The Hall–Kier alpha value is -1.87. The second kappa shape index (κ2) is 7.65. The molecule has 0 spiro atoms. The van der Waals surface area contributed by atoms with Crippen molar-refractivity contribution in [2.45, 2.75) is 0 Å². The van der Waals surface area contributed by atoms with Gasteiger partial charge in [0.25, 0.3) is 0 Å². The number of hydrogen-bond donors (Lipinski definition) is 2. The highest BCUT2D eigenvalue weighted by Gasteiger charge is 2.17. The molecule has 20 heavy (non-hydrogen) atoms. The normalized spacial score (nSPS) is 11.8. The predicted octanol–water partition coefficient (Wildman–Crippen LogP) is 2.63. The van der Waals surface area contributed by atoms with Gasteiger partial charge in [0.15, 0.2) is 5.17 Å². The van der Waals surface area contributed by atoms with Gasteiger partial charge in [0.2, 0.25) is 5.75 Å². The number of hydrogen-bond acceptors (Lipinski definition) is 6. The monoisotopic (exact) mass is 358 g/mol. The molecule has 0 bridgehead atoms. The number of phenols is 1. The minimum Gasteiger partial charge on any atom is -0.502 e. The van der Waals surface area contributed by atoms with Crippen LogP contribution in [0.3, 0.4) is 0 Å². The Morgan fingerprint density at radius 3 is 2.95 bits per heavy atom. The number of thioether (sulfide) groups is 1. The highest BCUT2D eigenvalue weighted by molar-refractivity contribution is 9.10. The van der Waals surface area contributed by atoms with Crippen LogP contribution in [0.4, 0.5) is 5.69 Å². The number of nitro groups is 1. The van der Waals surface area contributed by atoms with E-state index in [0.29, 0.717) is 10.2 Å². The summed E-state index contributed by atoms with van der Waals surface area (Å²) < 4.78 is 0.446.